The molecule has 2 N–H and O–H groups in total. The summed E-state index contributed by atoms with van der Waals surface area (Å²) in [6.07, 6.45) is 1.86. The van der Waals surface area contributed by atoms with Crippen LogP contribution >= 0.6 is 0 Å². The molecule has 0 atom stereocenters. The van der Waals surface area contributed by atoms with Crippen LogP contribution in [0.2, 0.25) is 0 Å². The van der Waals surface area contributed by atoms with Gasteiger partial charge in [0.05, 0.1) is 0 Å². The smallest absolute Gasteiger partial charge is 0.329 e. The van der Waals surface area contributed by atoms with E-state index >= 15 is 0 Å². The lowest BCUT2D eigenvalue weighted by molar-refractivity contribution is 0.829. The monoisotopic (exact) mass is 295 g/mol. The molecule has 0 amide bonds. The number of benzene rings is 1. The van der Waals surface area contributed by atoms with Crippen molar-refractivity contribution in [2.75, 3.05) is 0 Å². The zero-order valence-electron chi connectivity index (χ0n) is 12.0. The summed E-state index contributed by atoms with van der Waals surface area (Å²) in [5.74, 6) is 0.638. The van der Waals surface area contributed by atoms with Gasteiger partial charge in [0, 0.05) is 36.8 Å². The Morgan fingerprint density at radius 2 is 1.86 bits per heavy atom. The zero-order valence-corrected chi connectivity index (χ0v) is 12.0. The van der Waals surface area contributed by atoms with E-state index in [9.17, 15) is 9.59 Å². The average Bonchev–Trinajstić information content (AvgIpc) is 3.06. The number of H-pyrrole nitrogens is 2. The average molecular weight is 295 g/mol. The van der Waals surface area contributed by atoms with Crippen molar-refractivity contribution < 1.29 is 0 Å². The minimum absolute atomic E-state index is 0.372. The Morgan fingerprint density at radius 1 is 1.09 bits per heavy atom. The van der Waals surface area contributed by atoms with E-state index < -0.39 is 11.2 Å². The summed E-state index contributed by atoms with van der Waals surface area (Å²) in [5, 5.41) is 1.02. The van der Waals surface area contributed by atoms with Crippen molar-refractivity contribution in [3.05, 3.63) is 51.3 Å². The molecule has 22 heavy (non-hydrogen) atoms. The first-order valence-electron chi connectivity index (χ1n) is 6.80. The van der Waals surface area contributed by atoms with Gasteiger partial charge in [0.25, 0.3) is 5.56 Å². The molecule has 0 fully saturated rings. The minimum atomic E-state index is -0.471. The van der Waals surface area contributed by atoms with E-state index in [1.54, 1.807) is 18.7 Å². The number of para-hydroxylation sites is 1. The number of nitrogens with zero attached hydrogens (tertiary/aromatic N) is 3. The summed E-state index contributed by atoms with van der Waals surface area (Å²) in [6.45, 7) is 0. The Labute approximate surface area is 123 Å². The Balaban J connectivity index is 2.15. The lowest BCUT2D eigenvalue weighted by Gasteiger charge is -2.00. The first-order valence-corrected chi connectivity index (χ1v) is 6.80. The zero-order chi connectivity index (χ0) is 15.4. The van der Waals surface area contributed by atoms with Gasteiger partial charge in [-0.05, 0) is 6.07 Å². The van der Waals surface area contributed by atoms with Crippen LogP contribution in [0.4, 0.5) is 0 Å². The number of fused-ring (bicyclic) bond motifs is 2. The molecule has 110 valence electrons. The Kier molecular flexibility index (Phi) is 2.41. The number of hydrogen-bond acceptors (Lipinski definition) is 3. The minimum Gasteiger partial charge on any atom is -0.360 e. The highest BCUT2D eigenvalue weighted by atomic mass is 16.2. The highest BCUT2D eigenvalue weighted by Crippen LogP contribution is 2.28. The maximum Gasteiger partial charge on any atom is 0.329 e. The second-order valence-corrected chi connectivity index (χ2v) is 5.23. The summed E-state index contributed by atoms with van der Waals surface area (Å²) < 4.78 is 3.05. The lowest BCUT2D eigenvalue weighted by atomic mass is 10.1. The SMILES string of the molecule is Cn1c(-c2c[nH]c3ccccc23)nc2c1c(=O)[nH]c(=O)n2C. The Morgan fingerprint density at radius 3 is 2.68 bits per heavy atom. The van der Waals surface area contributed by atoms with Crippen LogP contribution in [0.3, 0.4) is 0 Å². The summed E-state index contributed by atoms with van der Waals surface area (Å²) >= 11 is 0. The van der Waals surface area contributed by atoms with E-state index in [2.05, 4.69) is 15.0 Å². The second-order valence-electron chi connectivity index (χ2n) is 5.23. The fourth-order valence-corrected chi connectivity index (χ4v) is 2.81. The maximum atomic E-state index is 12.1. The van der Waals surface area contributed by atoms with Crippen molar-refractivity contribution in [1.29, 1.82) is 0 Å². The first kappa shape index (κ1) is 12.6. The maximum absolute atomic E-state index is 12.1. The molecular formula is C15H13N5O2. The van der Waals surface area contributed by atoms with Gasteiger partial charge in [0.2, 0.25) is 0 Å². The van der Waals surface area contributed by atoms with E-state index in [4.69, 9.17) is 0 Å². The summed E-state index contributed by atoms with van der Waals surface area (Å²) in [7, 11) is 3.36. The third-order valence-corrected chi connectivity index (χ3v) is 3.96. The molecule has 0 aliphatic carbocycles. The van der Waals surface area contributed by atoms with Crippen molar-refractivity contribution in [1.82, 2.24) is 24.1 Å². The normalized spacial score (nSPS) is 11.5. The number of hydrogen-bond donors (Lipinski definition) is 2. The van der Waals surface area contributed by atoms with Crippen LogP contribution in [-0.4, -0.2) is 24.1 Å². The molecule has 0 unspecified atom stereocenters. The predicted octanol–water partition coefficient (Wildman–Crippen LogP) is 1.11. The lowest BCUT2D eigenvalue weighted by Crippen LogP contribution is -2.29. The van der Waals surface area contributed by atoms with Gasteiger partial charge in [0.1, 0.15) is 5.82 Å². The molecule has 0 aliphatic rings. The van der Waals surface area contributed by atoms with E-state index in [1.807, 2.05) is 30.5 Å². The van der Waals surface area contributed by atoms with Crippen molar-refractivity contribution in [3.63, 3.8) is 0 Å². The number of rotatable bonds is 1. The van der Waals surface area contributed by atoms with Crippen LogP contribution in [0.15, 0.2) is 40.1 Å². The van der Waals surface area contributed by atoms with E-state index in [0.717, 1.165) is 16.5 Å². The van der Waals surface area contributed by atoms with Gasteiger partial charge in [-0.25, -0.2) is 9.78 Å². The van der Waals surface area contributed by atoms with Crippen LogP contribution in [0.1, 0.15) is 0 Å². The molecule has 7 nitrogen and oxygen atoms in total. The van der Waals surface area contributed by atoms with Crippen molar-refractivity contribution in [3.8, 4) is 11.4 Å². The fourth-order valence-electron chi connectivity index (χ4n) is 2.81. The third-order valence-electron chi connectivity index (χ3n) is 3.96. The number of imidazole rings is 1. The van der Waals surface area contributed by atoms with Crippen LogP contribution in [-0.2, 0) is 14.1 Å². The Hall–Kier alpha value is -3.09. The van der Waals surface area contributed by atoms with E-state index in [0.29, 0.717) is 17.0 Å². The molecule has 4 aromatic rings. The molecular weight excluding hydrogens is 282 g/mol. The highest BCUT2D eigenvalue weighted by molar-refractivity contribution is 5.95. The third kappa shape index (κ3) is 1.53. The number of nitrogens with one attached hydrogen (secondary N) is 2. The van der Waals surface area contributed by atoms with Gasteiger partial charge in [-0.2, -0.15) is 0 Å². The largest absolute Gasteiger partial charge is 0.360 e. The number of aromatic nitrogens is 5. The van der Waals surface area contributed by atoms with Crippen LogP contribution in [0.5, 0.6) is 0 Å². The number of aromatic amines is 2. The van der Waals surface area contributed by atoms with Gasteiger partial charge >= 0.3 is 5.69 Å². The molecule has 1 aromatic carbocycles. The van der Waals surface area contributed by atoms with Crippen molar-refractivity contribution >= 4 is 22.1 Å². The first-order chi connectivity index (χ1) is 10.6. The van der Waals surface area contributed by atoms with Crippen LogP contribution in [0.25, 0.3) is 33.5 Å². The van der Waals surface area contributed by atoms with E-state index in [1.165, 1.54) is 4.57 Å². The standard InChI is InChI=1S/C15H13N5O2/c1-19-11-13(20(2)15(22)18-14(11)21)17-12(19)9-7-16-10-6-4-3-5-8(9)10/h3-7,16H,1-2H3,(H,18,21,22). The molecule has 0 aliphatic heterocycles. The molecule has 0 radical (unpaired) electrons. The van der Waals surface area contributed by atoms with Gasteiger partial charge in [-0.1, -0.05) is 18.2 Å². The molecule has 0 saturated heterocycles. The fraction of sp³-hybridized carbons (Fsp3) is 0.133. The number of aryl methyl sites for hydroxylation is 2. The molecule has 0 spiro atoms. The Bertz CT molecular complexity index is 1140. The van der Waals surface area contributed by atoms with Gasteiger partial charge < -0.3 is 9.55 Å². The van der Waals surface area contributed by atoms with Gasteiger partial charge in [0.15, 0.2) is 11.2 Å². The molecule has 3 aromatic heterocycles. The molecule has 0 saturated carbocycles. The van der Waals surface area contributed by atoms with Crippen molar-refractivity contribution in [2.45, 2.75) is 0 Å². The molecule has 0 bridgehead atoms. The summed E-state index contributed by atoms with van der Waals surface area (Å²) in [6, 6.07) is 7.87. The molecule has 4 rings (SSSR count). The summed E-state index contributed by atoms with van der Waals surface area (Å²) in [5.41, 5.74) is 1.73. The van der Waals surface area contributed by atoms with E-state index in [-0.39, 0.29) is 0 Å². The van der Waals surface area contributed by atoms with Gasteiger partial charge in [-0.15, -0.1) is 0 Å². The second kappa shape index (κ2) is 4.20. The highest BCUT2D eigenvalue weighted by Gasteiger charge is 2.18. The summed E-state index contributed by atoms with van der Waals surface area (Å²) in [4.78, 5) is 33.8. The molecule has 3 heterocycles. The van der Waals surface area contributed by atoms with Gasteiger partial charge in [-0.3, -0.25) is 14.3 Å². The molecule has 7 heteroatoms. The van der Waals surface area contributed by atoms with Crippen LogP contribution in [0, 0.1) is 0 Å². The van der Waals surface area contributed by atoms with Crippen LogP contribution < -0.4 is 11.2 Å². The predicted molar refractivity (Wildman–Crippen MR) is 83.9 cm³/mol. The topological polar surface area (TPSA) is 88.5 Å². The van der Waals surface area contributed by atoms with Crippen molar-refractivity contribution in [2.24, 2.45) is 14.1 Å². The quantitative estimate of drug-likeness (QED) is 0.551.